The maximum absolute atomic E-state index is 5.87. The van der Waals surface area contributed by atoms with E-state index >= 15 is 0 Å². The average molecular weight is 287 g/mol. The van der Waals surface area contributed by atoms with Crippen LogP contribution in [0.3, 0.4) is 0 Å². The van der Waals surface area contributed by atoms with E-state index in [-0.39, 0.29) is 0 Å². The minimum absolute atomic E-state index is 0.418. The molecular formula is C16H21N3S. The second kappa shape index (κ2) is 6.18. The van der Waals surface area contributed by atoms with Crippen LogP contribution < -0.4 is 10.6 Å². The van der Waals surface area contributed by atoms with Gasteiger partial charge < -0.3 is 10.6 Å². The predicted molar refractivity (Wildman–Crippen MR) is 90.4 cm³/mol. The Labute approximate surface area is 125 Å². The number of hydrogen-bond donors (Lipinski definition) is 1. The zero-order valence-corrected chi connectivity index (χ0v) is 13.1. The summed E-state index contributed by atoms with van der Waals surface area (Å²) in [6, 6.07) is 10.4. The number of fused-ring (bicyclic) bond motifs is 1. The molecule has 0 fully saturated rings. The molecule has 0 amide bonds. The highest BCUT2D eigenvalue weighted by molar-refractivity contribution is 7.80. The third-order valence-electron chi connectivity index (χ3n) is 3.70. The fraction of sp³-hybridized carbons (Fsp3) is 0.375. The first kappa shape index (κ1) is 14.7. The third kappa shape index (κ3) is 2.90. The van der Waals surface area contributed by atoms with Crippen molar-refractivity contribution in [2.45, 2.75) is 32.7 Å². The lowest BCUT2D eigenvalue weighted by Gasteiger charge is -2.26. The van der Waals surface area contributed by atoms with Crippen LogP contribution in [0.5, 0.6) is 0 Å². The van der Waals surface area contributed by atoms with Crippen LogP contribution >= 0.6 is 12.2 Å². The molecule has 3 nitrogen and oxygen atoms in total. The van der Waals surface area contributed by atoms with Crippen molar-refractivity contribution in [1.29, 1.82) is 0 Å². The number of para-hydroxylation sites is 1. The largest absolute Gasteiger partial charge is 0.389 e. The van der Waals surface area contributed by atoms with Crippen LogP contribution in [0.4, 0.5) is 5.82 Å². The van der Waals surface area contributed by atoms with Crippen LogP contribution in [0, 0.1) is 0 Å². The second-order valence-electron chi connectivity index (χ2n) is 5.16. The lowest BCUT2D eigenvalue weighted by molar-refractivity contribution is 0.612. The molecule has 1 aromatic heterocycles. The summed E-state index contributed by atoms with van der Waals surface area (Å²) in [6.07, 6.45) is 2.29. The highest BCUT2D eigenvalue weighted by Crippen LogP contribution is 2.24. The Morgan fingerprint density at radius 1 is 1.40 bits per heavy atom. The normalized spacial score (nSPS) is 12.3. The zero-order chi connectivity index (χ0) is 14.7. The summed E-state index contributed by atoms with van der Waals surface area (Å²) >= 11 is 5.18. The number of pyridine rings is 1. The van der Waals surface area contributed by atoms with Gasteiger partial charge >= 0.3 is 0 Å². The Kier molecular flexibility index (Phi) is 4.55. The highest BCUT2D eigenvalue weighted by atomic mass is 32.1. The van der Waals surface area contributed by atoms with E-state index in [1.54, 1.807) is 0 Å². The molecule has 1 atom stereocenters. The molecule has 2 N–H and O–H groups in total. The van der Waals surface area contributed by atoms with Crippen LogP contribution in [0.2, 0.25) is 0 Å². The minimum atomic E-state index is 0.418. The topological polar surface area (TPSA) is 42.1 Å². The molecule has 4 heteroatoms. The van der Waals surface area contributed by atoms with Crippen molar-refractivity contribution >= 4 is 33.9 Å². The van der Waals surface area contributed by atoms with Gasteiger partial charge in [0.1, 0.15) is 10.8 Å². The lowest BCUT2D eigenvalue weighted by Crippen LogP contribution is -2.29. The van der Waals surface area contributed by atoms with Crippen LogP contribution in [0.25, 0.3) is 10.9 Å². The summed E-state index contributed by atoms with van der Waals surface area (Å²) in [6.45, 7) is 4.40. The SMILES string of the molecule is CCCC(C)N(C)c1cc(C(N)=S)c2ccccc2n1. The molecule has 0 aliphatic carbocycles. The van der Waals surface area contributed by atoms with E-state index in [1.807, 2.05) is 30.3 Å². The zero-order valence-electron chi connectivity index (χ0n) is 12.3. The molecule has 1 unspecified atom stereocenters. The molecule has 106 valence electrons. The smallest absolute Gasteiger partial charge is 0.129 e. The van der Waals surface area contributed by atoms with Gasteiger partial charge in [-0.2, -0.15) is 0 Å². The molecule has 0 saturated carbocycles. The first-order valence-corrected chi connectivity index (χ1v) is 7.37. The summed E-state index contributed by atoms with van der Waals surface area (Å²) < 4.78 is 0. The standard InChI is InChI=1S/C16H21N3S/c1-4-7-11(2)19(3)15-10-13(16(17)20)12-8-5-6-9-14(12)18-15/h5-6,8-11H,4,7H2,1-3H3,(H2,17,20). The van der Waals surface area contributed by atoms with Gasteiger partial charge in [-0.3, -0.25) is 0 Å². The molecule has 20 heavy (non-hydrogen) atoms. The van der Waals surface area contributed by atoms with Crippen LogP contribution in [0.1, 0.15) is 32.3 Å². The average Bonchev–Trinajstić information content (AvgIpc) is 2.45. The molecule has 0 bridgehead atoms. The number of nitrogens with two attached hydrogens (primary N) is 1. The van der Waals surface area contributed by atoms with Gasteiger partial charge in [-0.1, -0.05) is 43.8 Å². The quantitative estimate of drug-likeness (QED) is 0.855. The Morgan fingerprint density at radius 2 is 2.10 bits per heavy atom. The highest BCUT2D eigenvalue weighted by Gasteiger charge is 2.14. The van der Waals surface area contributed by atoms with Crippen molar-refractivity contribution in [2.75, 3.05) is 11.9 Å². The van der Waals surface area contributed by atoms with Gasteiger partial charge in [0.15, 0.2) is 0 Å². The second-order valence-corrected chi connectivity index (χ2v) is 5.60. The predicted octanol–water partition coefficient (Wildman–Crippen LogP) is 3.49. The summed E-state index contributed by atoms with van der Waals surface area (Å²) in [7, 11) is 2.07. The minimum Gasteiger partial charge on any atom is -0.389 e. The third-order valence-corrected chi connectivity index (χ3v) is 3.92. The lowest BCUT2D eigenvalue weighted by atomic mass is 10.1. The van der Waals surface area contributed by atoms with Gasteiger partial charge in [-0.25, -0.2) is 4.98 Å². The number of benzene rings is 1. The Balaban J connectivity index is 2.52. The monoisotopic (exact) mass is 287 g/mol. The molecule has 2 rings (SSSR count). The van der Waals surface area contributed by atoms with Crippen molar-refractivity contribution in [2.24, 2.45) is 5.73 Å². The van der Waals surface area contributed by atoms with E-state index in [1.165, 1.54) is 0 Å². The van der Waals surface area contributed by atoms with Crippen LogP contribution in [0.15, 0.2) is 30.3 Å². The number of nitrogens with zero attached hydrogens (tertiary/aromatic N) is 2. The summed E-state index contributed by atoms with van der Waals surface area (Å²) in [5.41, 5.74) is 7.70. The fourth-order valence-corrected chi connectivity index (χ4v) is 2.55. The van der Waals surface area contributed by atoms with E-state index in [0.717, 1.165) is 35.1 Å². The van der Waals surface area contributed by atoms with Crippen LogP contribution in [-0.2, 0) is 0 Å². The summed E-state index contributed by atoms with van der Waals surface area (Å²) in [4.78, 5) is 7.34. The van der Waals surface area contributed by atoms with Gasteiger partial charge in [0.05, 0.1) is 5.52 Å². The number of thiocarbonyl (C=S) groups is 1. The molecule has 2 aromatic rings. The van der Waals surface area contributed by atoms with E-state index in [4.69, 9.17) is 22.9 Å². The van der Waals surface area contributed by atoms with Gasteiger partial charge in [-0.05, 0) is 25.5 Å². The number of hydrogen-bond acceptors (Lipinski definition) is 3. The molecule has 1 aromatic carbocycles. The van der Waals surface area contributed by atoms with Gasteiger partial charge in [-0.15, -0.1) is 0 Å². The Morgan fingerprint density at radius 3 is 2.75 bits per heavy atom. The first-order chi connectivity index (χ1) is 9.54. The number of aromatic nitrogens is 1. The Bertz CT molecular complexity index is 624. The first-order valence-electron chi connectivity index (χ1n) is 6.97. The summed E-state index contributed by atoms with van der Waals surface area (Å²) in [5, 5.41) is 1.01. The maximum Gasteiger partial charge on any atom is 0.129 e. The van der Waals surface area contributed by atoms with E-state index in [9.17, 15) is 0 Å². The van der Waals surface area contributed by atoms with E-state index in [0.29, 0.717) is 11.0 Å². The molecule has 1 heterocycles. The summed E-state index contributed by atoms with van der Waals surface area (Å²) in [5.74, 6) is 0.924. The molecular weight excluding hydrogens is 266 g/mol. The Hall–Kier alpha value is -1.68. The maximum atomic E-state index is 5.87. The van der Waals surface area contributed by atoms with Crippen molar-refractivity contribution < 1.29 is 0 Å². The molecule has 0 aliphatic heterocycles. The van der Waals surface area contributed by atoms with Crippen molar-refractivity contribution in [3.63, 3.8) is 0 Å². The molecule has 0 spiro atoms. The van der Waals surface area contributed by atoms with Crippen molar-refractivity contribution in [3.05, 3.63) is 35.9 Å². The van der Waals surface area contributed by atoms with Gasteiger partial charge in [0.25, 0.3) is 0 Å². The molecule has 0 aliphatic rings. The molecule has 0 radical (unpaired) electrons. The van der Waals surface area contributed by atoms with Crippen LogP contribution in [-0.4, -0.2) is 23.1 Å². The fourth-order valence-electron chi connectivity index (χ4n) is 2.38. The van der Waals surface area contributed by atoms with Gasteiger partial charge in [0, 0.05) is 24.0 Å². The van der Waals surface area contributed by atoms with E-state index in [2.05, 4.69) is 25.8 Å². The number of rotatable bonds is 5. The van der Waals surface area contributed by atoms with Crippen molar-refractivity contribution in [3.8, 4) is 0 Å². The van der Waals surface area contributed by atoms with Gasteiger partial charge in [0.2, 0.25) is 0 Å². The number of anilines is 1. The van der Waals surface area contributed by atoms with E-state index < -0.39 is 0 Å². The molecule has 0 saturated heterocycles. The van der Waals surface area contributed by atoms with Crippen molar-refractivity contribution in [1.82, 2.24) is 4.98 Å².